The van der Waals surface area contributed by atoms with E-state index in [2.05, 4.69) is 0 Å². The molecular weight excluding hydrogens is 337 g/mol. The molecule has 1 amide bonds. The number of benzene rings is 2. The third-order valence-corrected chi connectivity index (χ3v) is 4.65. The molecule has 2 aromatic rings. The quantitative estimate of drug-likeness (QED) is 0.908. The predicted molar refractivity (Wildman–Crippen MR) is 93.2 cm³/mol. The van der Waals surface area contributed by atoms with Crippen molar-refractivity contribution in [3.05, 3.63) is 71.0 Å². The molecule has 1 fully saturated rings. The summed E-state index contributed by atoms with van der Waals surface area (Å²) in [5, 5.41) is 9.51. The van der Waals surface area contributed by atoms with Crippen LogP contribution in [-0.2, 0) is 16.1 Å². The van der Waals surface area contributed by atoms with E-state index in [4.69, 9.17) is 4.74 Å². The summed E-state index contributed by atoms with van der Waals surface area (Å²) in [6.07, 6.45) is -0.587. The van der Waals surface area contributed by atoms with E-state index in [1.54, 1.807) is 12.1 Å². The van der Waals surface area contributed by atoms with Crippen molar-refractivity contribution in [2.24, 2.45) is 5.92 Å². The molecule has 0 radical (unpaired) electrons. The summed E-state index contributed by atoms with van der Waals surface area (Å²) in [6.45, 7) is 2.04. The van der Waals surface area contributed by atoms with E-state index in [1.807, 2.05) is 37.3 Å². The van der Waals surface area contributed by atoms with E-state index in [-0.39, 0.29) is 19.7 Å². The van der Waals surface area contributed by atoms with Crippen LogP contribution >= 0.6 is 0 Å². The molecule has 0 spiro atoms. The highest BCUT2D eigenvalue weighted by Crippen LogP contribution is 2.35. The highest BCUT2D eigenvalue weighted by atomic mass is 19.1. The number of rotatable bonds is 4. The van der Waals surface area contributed by atoms with Gasteiger partial charge < -0.3 is 14.7 Å². The van der Waals surface area contributed by atoms with Crippen LogP contribution in [0.1, 0.15) is 22.6 Å². The van der Waals surface area contributed by atoms with Crippen molar-refractivity contribution in [3.8, 4) is 0 Å². The Bertz CT molecular complexity index is 809. The lowest BCUT2D eigenvalue weighted by atomic mass is 9.88. The van der Waals surface area contributed by atoms with Gasteiger partial charge in [0.1, 0.15) is 12.4 Å². The second-order valence-corrected chi connectivity index (χ2v) is 6.52. The third-order valence-electron chi connectivity index (χ3n) is 4.65. The molecule has 0 saturated carbocycles. The molecule has 1 aliphatic rings. The molecule has 2 atom stereocenters. The Morgan fingerprint density at radius 2 is 1.92 bits per heavy atom. The monoisotopic (exact) mass is 357 g/mol. The molecule has 1 aliphatic heterocycles. The molecule has 1 heterocycles. The molecule has 26 heavy (non-hydrogen) atoms. The van der Waals surface area contributed by atoms with Gasteiger partial charge in [0, 0.05) is 19.0 Å². The number of likely N-dealkylation sites (tertiary alicyclic amines) is 1. The molecule has 136 valence electrons. The van der Waals surface area contributed by atoms with Gasteiger partial charge in [-0.1, -0.05) is 48.0 Å². The Labute approximate surface area is 151 Å². The Morgan fingerprint density at radius 1 is 1.19 bits per heavy atom. The van der Waals surface area contributed by atoms with E-state index in [9.17, 15) is 19.1 Å². The van der Waals surface area contributed by atoms with Crippen LogP contribution in [0.3, 0.4) is 0 Å². The predicted octanol–water partition coefficient (Wildman–Crippen LogP) is 3.57. The lowest BCUT2D eigenvalue weighted by molar-refractivity contribution is -0.141. The maximum Gasteiger partial charge on any atom is 0.410 e. The summed E-state index contributed by atoms with van der Waals surface area (Å²) in [6, 6.07) is 13.8. The van der Waals surface area contributed by atoms with Crippen LogP contribution in [0.25, 0.3) is 0 Å². The summed E-state index contributed by atoms with van der Waals surface area (Å²) < 4.78 is 19.5. The molecule has 6 heteroatoms. The van der Waals surface area contributed by atoms with Gasteiger partial charge in [-0.15, -0.1) is 0 Å². The van der Waals surface area contributed by atoms with E-state index in [0.717, 1.165) is 11.1 Å². The zero-order chi connectivity index (χ0) is 18.7. The number of aliphatic carboxylic acids is 1. The first kappa shape index (κ1) is 17.9. The third kappa shape index (κ3) is 3.85. The van der Waals surface area contributed by atoms with Crippen LogP contribution in [0.5, 0.6) is 0 Å². The minimum atomic E-state index is -1.05. The lowest BCUT2D eigenvalue weighted by Gasteiger charge is -2.17. The van der Waals surface area contributed by atoms with Crippen molar-refractivity contribution in [2.45, 2.75) is 19.4 Å². The number of carboxylic acid groups (broad SMARTS) is 1. The zero-order valence-corrected chi connectivity index (χ0v) is 14.4. The molecule has 2 unspecified atom stereocenters. The number of nitrogens with zero attached hydrogens (tertiary/aromatic N) is 1. The molecule has 2 aromatic carbocycles. The summed E-state index contributed by atoms with van der Waals surface area (Å²) in [5.74, 6) is -2.96. The molecule has 0 aromatic heterocycles. The molecule has 0 bridgehead atoms. The van der Waals surface area contributed by atoms with Gasteiger partial charge >= 0.3 is 12.1 Å². The van der Waals surface area contributed by atoms with E-state index in [1.165, 1.54) is 11.0 Å². The zero-order valence-electron chi connectivity index (χ0n) is 14.4. The smallest absolute Gasteiger partial charge is 0.410 e. The number of hydrogen-bond donors (Lipinski definition) is 1. The van der Waals surface area contributed by atoms with Gasteiger partial charge in [-0.05, 0) is 24.1 Å². The van der Waals surface area contributed by atoms with Crippen LogP contribution < -0.4 is 0 Å². The van der Waals surface area contributed by atoms with E-state index < -0.39 is 29.7 Å². The second-order valence-electron chi connectivity index (χ2n) is 6.52. The van der Waals surface area contributed by atoms with Crippen molar-refractivity contribution < 1.29 is 23.8 Å². The summed E-state index contributed by atoms with van der Waals surface area (Å²) in [4.78, 5) is 25.3. The number of aryl methyl sites for hydroxylation is 1. The SMILES string of the molecule is Cc1ccc(F)c(C2CN(C(=O)OCc3ccccc3)CC2C(=O)O)c1. The largest absolute Gasteiger partial charge is 0.481 e. The number of amides is 1. The van der Waals surface area contributed by atoms with Crippen LogP contribution in [0.2, 0.25) is 0 Å². The first-order chi connectivity index (χ1) is 12.5. The number of halogens is 1. The molecule has 0 aliphatic carbocycles. The fourth-order valence-corrected chi connectivity index (χ4v) is 3.28. The molecule has 5 nitrogen and oxygen atoms in total. The second kappa shape index (κ2) is 7.56. The summed E-state index contributed by atoms with van der Waals surface area (Å²) in [5.41, 5.74) is 2.02. The van der Waals surface area contributed by atoms with Crippen molar-refractivity contribution in [2.75, 3.05) is 13.1 Å². The fraction of sp³-hybridized carbons (Fsp3) is 0.300. The highest BCUT2D eigenvalue weighted by Gasteiger charge is 2.42. The minimum absolute atomic E-state index is 0.000997. The first-order valence-corrected chi connectivity index (χ1v) is 8.40. The Balaban J connectivity index is 1.73. The average Bonchev–Trinajstić information content (AvgIpc) is 3.08. The average molecular weight is 357 g/mol. The number of carbonyl (C=O) groups excluding carboxylic acids is 1. The van der Waals surface area contributed by atoms with Gasteiger partial charge in [0.15, 0.2) is 0 Å². The van der Waals surface area contributed by atoms with Crippen molar-refractivity contribution in [1.82, 2.24) is 4.90 Å². The van der Waals surface area contributed by atoms with Gasteiger partial charge in [-0.3, -0.25) is 4.79 Å². The lowest BCUT2D eigenvalue weighted by Crippen LogP contribution is -2.30. The Morgan fingerprint density at radius 3 is 2.62 bits per heavy atom. The van der Waals surface area contributed by atoms with Crippen LogP contribution in [0, 0.1) is 18.7 Å². The molecule has 1 N–H and O–H groups in total. The van der Waals surface area contributed by atoms with Crippen LogP contribution in [0.15, 0.2) is 48.5 Å². The highest BCUT2D eigenvalue weighted by molar-refractivity contribution is 5.75. The molecule has 1 saturated heterocycles. The number of carbonyl (C=O) groups is 2. The van der Waals surface area contributed by atoms with Crippen molar-refractivity contribution in [3.63, 3.8) is 0 Å². The van der Waals surface area contributed by atoms with Crippen LogP contribution in [0.4, 0.5) is 9.18 Å². The molecular formula is C20H20FNO4. The summed E-state index contributed by atoms with van der Waals surface area (Å²) in [7, 11) is 0. The Hall–Kier alpha value is -2.89. The number of ether oxygens (including phenoxy) is 1. The van der Waals surface area contributed by atoms with Crippen molar-refractivity contribution >= 4 is 12.1 Å². The first-order valence-electron chi connectivity index (χ1n) is 8.40. The molecule has 3 rings (SSSR count). The van der Waals surface area contributed by atoms with Gasteiger partial charge in [-0.2, -0.15) is 0 Å². The number of hydrogen-bond acceptors (Lipinski definition) is 3. The van der Waals surface area contributed by atoms with Gasteiger partial charge in [0.2, 0.25) is 0 Å². The fourth-order valence-electron chi connectivity index (χ4n) is 3.28. The van der Waals surface area contributed by atoms with Gasteiger partial charge in [-0.25, -0.2) is 9.18 Å². The standard InChI is InChI=1S/C20H20FNO4/c1-13-7-8-18(21)15(9-13)16-10-22(11-17(16)19(23)24)20(25)26-12-14-5-3-2-4-6-14/h2-9,16-17H,10-12H2,1H3,(H,23,24). The van der Waals surface area contributed by atoms with E-state index in [0.29, 0.717) is 5.56 Å². The van der Waals surface area contributed by atoms with Crippen LogP contribution in [-0.4, -0.2) is 35.2 Å². The normalized spacial score (nSPS) is 19.4. The van der Waals surface area contributed by atoms with Gasteiger partial charge in [0.05, 0.1) is 5.92 Å². The Kier molecular flexibility index (Phi) is 5.21. The summed E-state index contributed by atoms with van der Waals surface area (Å²) >= 11 is 0. The minimum Gasteiger partial charge on any atom is -0.481 e. The van der Waals surface area contributed by atoms with Crippen molar-refractivity contribution in [1.29, 1.82) is 0 Å². The maximum atomic E-state index is 14.2. The topological polar surface area (TPSA) is 66.8 Å². The number of carboxylic acids is 1. The maximum absolute atomic E-state index is 14.2. The van der Waals surface area contributed by atoms with Gasteiger partial charge in [0.25, 0.3) is 0 Å². The van der Waals surface area contributed by atoms with E-state index >= 15 is 0 Å².